The summed E-state index contributed by atoms with van der Waals surface area (Å²) in [7, 11) is 1.61. The van der Waals surface area contributed by atoms with Gasteiger partial charge in [0, 0.05) is 46.0 Å². The standard InChI is InChI=1S/C29H39N9O4S/c1-6-10-23-25-26(33-38(23)24-11-8-9-12-30-24)29(39)35(5)27(32-25)22-19-21(20-31-28(22)42-18-17-34(3)4)43(40,41)37-15-13-36(7-2)14-16-37/h8-9,11-12,19-20H,6-7,10,13-18H2,1-5H3. The van der Waals surface area contributed by atoms with Crippen LogP contribution in [0.25, 0.3) is 28.2 Å². The molecule has 1 aliphatic rings. The minimum Gasteiger partial charge on any atom is -0.476 e. The van der Waals surface area contributed by atoms with Crippen LogP contribution in [-0.4, -0.2) is 112 Å². The SMILES string of the molecule is CCCc1c2nc(-c3cc(S(=O)(=O)N4CCN(CC)CC4)cnc3OCCN(C)C)n(C)c(=O)c2nn1-c1ccccn1. The number of pyridine rings is 2. The van der Waals surface area contributed by atoms with Crippen LogP contribution in [0.1, 0.15) is 26.0 Å². The Morgan fingerprint density at radius 1 is 1.05 bits per heavy atom. The summed E-state index contributed by atoms with van der Waals surface area (Å²) in [5.74, 6) is 1.03. The van der Waals surface area contributed by atoms with E-state index in [1.807, 2.05) is 44.1 Å². The highest BCUT2D eigenvalue weighted by Crippen LogP contribution is 2.31. The lowest BCUT2D eigenvalue weighted by Gasteiger charge is -2.33. The first kappa shape index (κ1) is 30.7. The van der Waals surface area contributed by atoms with Crippen molar-refractivity contribution >= 4 is 21.1 Å². The topological polar surface area (TPSA) is 132 Å². The highest BCUT2D eigenvalue weighted by atomic mass is 32.2. The Balaban J connectivity index is 1.67. The molecule has 14 heteroatoms. The summed E-state index contributed by atoms with van der Waals surface area (Å²) in [6.45, 7) is 8.01. The number of sulfonamides is 1. The van der Waals surface area contributed by atoms with Crippen molar-refractivity contribution in [2.45, 2.75) is 31.6 Å². The lowest BCUT2D eigenvalue weighted by Crippen LogP contribution is -2.48. The van der Waals surface area contributed by atoms with Crippen LogP contribution in [0.5, 0.6) is 5.88 Å². The average molecular weight is 610 g/mol. The van der Waals surface area contributed by atoms with Gasteiger partial charge < -0.3 is 14.5 Å². The summed E-state index contributed by atoms with van der Waals surface area (Å²) in [6, 6.07) is 7.02. The molecule has 4 aromatic heterocycles. The summed E-state index contributed by atoms with van der Waals surface area (Å²) in [4.78, 5) is 31.8. The Bertz CT molecular complexity index is 1750. The minimum atomic E-state index is -3.85. The van der Waals surface area contributed by atoms with Gasteiger partial charge in [-0.15, -0.1) is 0 Å². The van der Waals surface area contributed by atoms with Crippen LogP contribution in [-0.2, 0) is 23.5 Å². The van der Waals surface area contributed by atoms with Crippen molar-refractivity contribution in [3.63, 3.8) is 0 Å². The Labute approximate surface area is 251 Å². The molecule has 5 heterocycles. The number of ether oxygens (including phenoxy) is 1. The van der Waals surface area contributed by atoms with E-state index in [4.69, 9.17) is 9.72 Å². The monoisotopic (exact) mass is 609 g/mol. The van der Waals surface area contributed by atoms with Gasteiger partial charge in [-0.3, -0.25) is 9.36 Å². The molecule has 0 amide bonds. The molecular weight excluding hydrogens is 570 g/mol. The van der Waals surface area contributed by atoms with Crippen LogP contribution >= 0.6 is 0 Å². The minimum absolute atomic E-state index is 0.0275. The molecule has 0 atom stereocenters. The molecule has 1 aliphatic heterocycles. The van der Waals surface area contributed by atoms with Gasteiger partial charge in [0.25, 0.3) is 5.56 Å². The van der Waals surface area contributed by atoms with Crippen molar-refractivity contribution < 1.29 is 13.2 Å². The van der Waals surface area contributed by atoms with Gasteiger partial charge in [0.15, 0.2) is 11.3 Å². The number of rotatable bonds is 11. The van der Waals surface area contributed by atoms with E-state index >= 15 is 0 Å². The maximum absolute atomic E-state index is 13.8. The Kier molecular flexibility index (Phi) is 9.20. The largest absolute Gasteiger partial charge is 0.476 e. The van der Waals surface area contributed by atoms with Gasteiger partial charge in [0.2, 0.25) is 15.9 Å². The highest BCUT2D eigenvalue weighted by molar-refractivity contribution is 7.89. The first-order chi connectivity index (χ1) is 20.6. The maximum atomic E-state index is 13.8. The summed E-state index contributed by atoms with van der Waals surface area (Å²) < 4.78 is 38.1. The molecule has 0 saturated carbocycles. The Hall–Kier alpha value is -3.72. The van der Waals surface area contributed by atoms with Crippen LogP contribution < -0.4 is 10.3 Å². The lowest BCUT2D eigenvalue weighted by atomic mass is 10.2. The van der Waals surface area contributed by atoms with E-state index < -0.39 is 10.0 Å². The molecule has 230 valence electrons. The van der Waals surface area contributed by atoms with Crippen LogP contribution in [0.3, 0.4) is 0 Å². The molecular formula is C29H39N9O4S. The van der Waals surface area contributed by atoms with Crippen molar-refractivity contribution in [3.05, 3.63) is 52.7 Å². The molecule has 0 spiro atoms. The van der Waals surface area contributed by atoms with Crippen molar-refractivity contribution in [1.29, 1.82) is 0 Å². The molecule has 0 radical (unpaired) electrons. The zero-order valence-corrected chi connectivity index (χ0v) is 26.2. The summed E-state index contributed by atoms with van der Waals surface area (Å²) >= 11 is 0. The lowest BCUT2D eigenvalue weighted by molar-refractivity contribution is 0.196. The number of aromatic nitrogens is 6. The predicted octanol–water partition coefficient (Wildman–Crippen LogP) is 1.80. The fourth-order valence-electron chi connectivity index (χ4n) is 5.12. The van der Waals surface area contributed by atoms with Gasteiger partial charge in [-0.2, -0.15) is 9.40 Å². The third-order valence-electron chi connectivity index (χ3n) is 7.61. The molecule has 0 N–H and O–H groups in total. The van der Waals surface area contributed by atoms with Crippen molar-refractivity contribution in [1.82, 2.24) is 43.4 Å². The molecule has 0 aromatic carbocycles. The van der Waals surface area contributed by atoms with Gasteiger partial charge in [0.1, 0.15) is 22.8 Å². The Morgan fingerprint density at radius 2 is 1.81 bits per heavy atom. The third-order valence-corrected chi connectivity index (χ3v) is 9.47. The number of likely N-dealkylation sites (N-methyl/N-ethyl adjacent to an activating group) is 2. The number of nitrogens with zero attached hydrogens (tertiary/aromatic N) is 9. The van der Waals surface area contributed by atoms with Crippen LogP contribution in [0.2, 0.25) is 0 Å². The molecule has 1 fully saturated rings. The van der Waals surface area contributed by atoms with Gasteiger partial charge in [0.05, 0.1) is 17.5 Å². The van der Waals surface area contributed by atoms with Gasteiger partial charge >= 0.3 is 0 Å². The van der Waals surface area contributed by atoms with Crippen molar-refractivity contribution in [2.24, 2.45) is 7.05 Å². The molecule has 13 nitrogen and oxygen atoms in total. The third kappa shape index (κ3) is 6.18. The molecule has 43 heavy (non-hydrogen) atoms. The molecule has 5 rings (SSSR count). The van der Waals surface area contributed by atoms with Crippen molar-refractivity contribution in [2.75, 3.05) is 60.0 Å². The van der Waals surface area contributed by atoms with Crippen LogP contribution in [0, 0.1) is 0 Å². The Morgan fingerprint density at radius 3 is 2.47 bits per heavy atom. The fourth-order valence-corrected chi connectivity index (χ4v) is 6.52. The molecule has 0 unspecified atom stereocenters. The average Bonchev–Trinajstić information content (AvgIpc) is 3.37. The molecule has 4 aromatic rings. The zero-order chi connectivity index (χ0) is 30.7. The second-order valence-corrected chi connectivity index (χ2v) is 12.7. The summed E-state index contributed by atoms with van der Waals surface area (Å²) in [5.41, 5.74) is 1.35. The smallest absolute Gasteiger partial charge is 0.281 e. The van der Waals surface area contributed by atoms with E-state index in [2.05, 4.69) is 26.9 Å². The van der Waals surface area contributed by atoms with Gasteiger partial charge in [-0.05, 0) is 45.3 Å². The van der Waals surface area contributed by atoms with E-state index in [1.165, 1.54) is 21.1 Å². The van der Waals surface area contributed by atoms with Gasteiger partial charge in [-0.1, -0.05) is 26.3 Å². The van der Waals surface area contributed by atoms with E-state index in [1.54, 1.807) is 17.9 Å². The number of aryl methyl sites for hydroxylation is 1. The maximum Gasteiger partial charge on any atom is 0.281 e. The molecule has 1 saturated heterocycles. The molecule has 0 bridgehead atoms. The second kappa shape index (κ2) is 12.9. The summed E-state index contributed by atoms with van der Waals surface area (Å²) in [5, 5.41) is 4.62. The fraction of sp³-hybridized carbons (Fsp3) is 0.483. The van der Waals surface area contributed by atoms with E-state index in [0.717, 1.165) is 18.7 Å². The summed E-state index contributed by atoms with van der Waals surface area (Å²) in [6.07, 6.45) is 4.40. The van der Waals surface area contributed by atoms with Crippen LogP contribution in [0.15, 0.2) is 46.3 Å². The van der Waals surface area contributed by atoms with Crippen LogP contribution in [0.4, 0.5) is 0 Å². The normalized spacial score (nSPS) is 15.0. The first-order valence-corrected chi connectivity index (χ1v) is 16.0. The number of hydrogen-bond acceptors (Lipinski definition) is 10. The van der Waals surface area contributed by atoms with E-state index in [-0.39, 0.29) is 27.7 Å². The second-order valence-electron chi connectivity index (χ2n) is 10.8. The first-order valence-electron chi connectivity index (χ1n) is 14.6. The number of piperazine rings is 1. The number of hydrogen-bond donors (Lipinski definition) is 0. The molecule has 0 aliphatic carbocycles. The highest BCUT2D eigenvalue weighted by Gasteiger charge is 2.30. The number of fused-ring (bicyclic) bond motifs is 1. The zero-order valence-electron chi connectivity index (χ0n) is 25.4. The van der Waals surface area contributed by atoms with E-state index in [9.17, 15) is 13.2 Å². The van der Waals surface area contributed by atoms with E-state index in [0.29, 0.717) is 62.6 Å². The van der Waals surface area contributed by atoms with Crippen molar-refractivity contribution in [3.8, 4) is 23.1 Å². The predicted molar refractivity (Wildman–Crippen MR) is 164 cm³/mol. The quantitative estimate of drug-likeness (QED) is 0.248. The van der Waals surface area contributed by atoms with Gasteiger partial charge in [-0.25, -0.2) is 28.1 Å².